The molecule has 0 spiro atoms. The minimum atomic E-state index is -0.0996. The highest BCUT2D eigenvalue weighted by molar-refractivity contribution is 6.30. The lowest BCUT2D eigenvalue weighted by atomic mass is 10.1. The molecule has 0 fully saturated rings. The summed E-state index contributed by atoms with van der Waals surface area (Å²) in [7, 11) is 0. The van der Waals surface area contributed by atoms with Crippen molar-refractivity contribution >= 4 is 11.6 Å². The van der Waals surface area contributed by atoms with Crippen molar-refractivity contribution in [3.8, 4) is 0 Å². The normalized spacial score (nSPS) is 12.5. The van der Waals surface area contributed by atoms with Crippen LogP contribution < -0.4 is 5.73 Å². The van der Waals surface area contributed by atoms with Crippen molar-refractivity contribution in [2.75, 3.05) is 0 Å². The molecule has 1 aromatic heterocycles. The molecule has 0 saturated carbocycles. The minimum Gasteiger partial charge on any atom is -0.324 e. The third-order valence-corrected chi connectivity index (χ3v) is 2.14. The lowest BCUT2D eigenvalue weighted by molar-refractivity contribution is 0.736. The first-order valence-corrected chi connectivity index (χ1v) is 4.51. The maximum atomic E-state index is 5.90. The summed E-state index contributed by atoms with van der Waals surface area (Å²) < 4.78 is 0. The van der Waals surface area contributed by atoms with E-state index in [9.17, 15) is 0 Å². The van der Waals surface area contributed by atoms with Gasteiger partial charge in [-0.2, -0.15) is 0 Å². The summed E-state index contributed by atoms with van der Waals surface area (Å²) in [5.74, 6) is 0. The quantitative estimate of drug-likeness (QED) is 0.596. The first-order valence-electron chi connectivity index (χ1n) is 4.13. The third-order valence-electron chi connectivity index (χ3n) is 1.82. The number of hydrogen-bond acceptors (Lipinski definition) is 2. The van der Waals surface area contributed by atoms with Gasteiger partial charge in [0.15, 0.2) is 0 Å². The Labute approximate surface area is 83.4 Å². The van der Waals surface area contributed by atoms with Gasteiger partial charge in [0, 0.05) is 17.8 Å². The Hall–Kier alpha value is -0.860. The van der Waals surface area contributed by atoms with Crippen LogP contribution in [0.2, 0.25) is 5.15 Å². The molecule has 0 saturated heterocycles. The molecule has 0 aliphatic rings. The molecular weight excluding hydrogens is 184 g/mol. The number of rotatable bonds is 3. The van der Waals surface area contributed by atoms with Crippen molar-refractivity contribution in [2.24, 2.45) is 5.73 Å². The van der Waals surface area contributed by atoms with Crippen molar-refractivity contribution in [3.63, 3.8) is 0 Å². The van der Waals surface area contributed by atoms with E-state index in [1.165, 1.54) is 0 Å². The van der Waals surface area contributed by atoms with Gasteiger partial charge in [0.2, 0.25) is 0 Å². The predicted octanol–water partition coefficient (Wildman–Crippen LogP) is 2.62. The maximum Gasteiger partial charge on any atom is 0.133 e. The molecule has 1 unspecified atom stereocenters. The zero-order valence-electron chi connectivity index (χ0n) is 7.63. The first-order chi connectivity index (χ1) is 6.15. The van der Waals surface area contributed by atoms with Gasteiger partial charge in [0.05, 0.1) is 0 Å². The van der Waals surface area contributed by atoms with E-state index < -0.39 is 0 Å². The van der Waals surface area contributed by atoms with Crippen molar-refractivity contribution < 1.29 is 0 Å². The van der Waals surface area contributed by atoms with Gasteiger partial charge < -0.3 is 5.73 Å². The second-order valence-electron chi connectivity index (χ2n) is 3.02. The Balaban J connectivity index is 2.97. The van der Waals surface area contributed by atoms with Crippen LogP contribution in [0.5, 0.6) is 0 Å². The summed E-state index contributed by atoms with van der Waals surface area (Å²) >= 11 is 5.90. The molecule has 1 aromatic rings. The smallest absolute Gasteiger partial charge is 0.133 e. The molecule has 0 bridgehead atoms. The van der Waals surface area contributed by atoms with Crippen LogP contribution in [0.4, 0.5) is 0 Å². The second kappa shape index (κ2) is 4.40. The van der Waals surface area contributed by atoms with E-state index in [0.29, 0.717) is 11.6 Å². The fourth-order valence-corrected chi connectivity index (χ4v) is 1.39. The molecule has 1 rings (SSSR count). The first kappa shape index (κ1) is 10.2. The van der Waals surface area contributed by atoms with Crippen LogP contribution in [0.15, 0.2) is 24.9 Å². The van der Waals surface area contributed by atoms with Gasteiger partial charge in [0.25, 0.3) is 0 Å². The second-order valence-corrected chi connectivity index (χ2v) is 3.38. The Kier molecular flexibility index (Phi) is 3.46. The van der Waals surface area contributed by atoms with Crippen LogP contribution in [0, 0.1) is 6.92 Å². The third kappa shape index (κ3) is 2.54. The van der Waals surface area contributed by atoms with Gasteiger partial charge in [-0.3, -0.25) is 0 Å². The Morgan fingerprint density at radius 1 is 1.77 bits per heavy atom. The number of hydrogen-bond donors (Lipinski definition) is 1. The summed E-state index contributed by atoms with van der Waals surface area (Å²) in [6, 6.07) is 1.86. The number of aryl methyl sites for hydroxylation is 1. The molecule has 1 atom stereocenters. The van der Waals surface area contributed by atoms with E-state index in [-0.39, 0.29) is 6.04 Å². The zero-order valence-corrected chi connectivity index (χ0v) is 8.38. The van der Waals surface area contributed by atoms with Crippen LogP contribution in [-0.4, -0.2) is 4.98 Å². The van der Waals surface area contributed by atoms with Crippen LogP contribution in [-0.2, 0) is 0 Å². The lowest BCUT2D eigenvalue weighted by Gasteiger charge is -2.11. The highest BCUT2D eigenvalue weighted by Gasteiger charge is 2.09. The Morgan fingerprint density at radius 2 is 2.46 bits per heavy atom. The molecule has 0 radical (unpaired) electrons. The van der Waals surface area contributed by atoms with Crippen molar-refractivity contribution in [3.05, 3.63) is 41.2 Å². The largest absolute Gasteiger partial charge is 0.324 e. The molecule has 13 heavy (non-hydrogen) atoms. The van der Waals surface area contributed by atoms with E-state index in [4.69, 9.17) is 17.3 Å². The molecular formula is C10H13ClN2. The lowest BCUT2D eigenvalue weighted by Crippen LogP contribution is -2.10. The average Bonchev–Trinajstić information content (AvgIpc) is 2.09. The molecule has 0 aromatic carbocycles. The van der Waals surface area contributed by atoms with Gasteiger partial charge in [-0.15, -0.1) is 6.58 Å². The minimum absolute atomic E-state index is 0.0996. The van der Waals surface area contributed by atoms with Crippen LogP contribution >= 0.6 is 11.6 Å². The zero-order chi connectivity index (χ0) is 9.84. The standard InChI is InChI=1S/C10H13ClN2/c1-3-4-9(12)8-5-7(2)6-13-10(8)11/h3,5-6,9H,1,4,12H2,2H3. The highest BCUT2D eigenvalue weighted by atomic mass is 35.5. The number of nitrogens with two attached hydrogens (primary N) is 1. The topological polar surface area (TPSA) is 38.9 Å². The SMILES string of the molecule is C=CCC(N)c1cc(C)cnc1Cl. The fraction of sp³-hybridized carbons (Fsp3) is 0.300. The number of pyridine rings is 1. The molecule has 1 heterocycles. The van der Waals surface area contributed by atoms with Gasteiger partial charge in [0.1, 0.15) is 5.15 Å². The average molecular weight is 197 g/mol. The van der Waals surface area contributed by atoms with Gasteiger partial charge in [-0.25, -0.2) is 4.98 Å². The Morgan fingerprint density at radius 3 is 3.08 bits per heavy atom. The summed E-state index contributed by atoms with van der Waals surface area (Å²) in [5.41, 5.74) is 7.84. The fourth-order valence-electron chi connectivity index (χ4n) is 1.14. The monoisotopic (exact) mass is 196 g/mol. The molecule has 3 heteroatoms. The number of aromatic nitrogens is 1. The molecule has 0 aliphatic carbocycles. The van der Waals surface area contributed by atoms with Gasteiger partial charge >= 0.3 is 0 Å². The summed E-state index contributed by atoms with van der Waals surface area (Å²) in [6.45, 7) is 5.60. The summed E-state index contributed by atoms with van der Waals surface area (Å²) in [6.07, 6.45) is 4.22. The van der Waals surface area contributed by atoms with Crippen molar-refractivity contribution in [2.45, 2.75) is 19.4 Å². The van der Waals surface area contributed by atoms with Crippen molar-refractivity contribution in [1.82, 2.24) is 4.98 Å². The summed E-state index contributed by atoms with van der Waals surface area (Å²) in [5, 5.41) is 0.486. The predicted molar refractivity (Wildman–Crippen MR) is 55.7 cm³/mol. The molecule has 70 valence electrons. The Bertz CT molecular complexity index is 310. The highest BCUT2D eigenvalue weighted by Crippen LogP contribution is 2.22. The maximum absolute atomic E-state index is 5.90. The van der Waals surface area contributed by atoms with Gasteiger partial charge in [-0.05, 0) is 25.0 Å². The van der Waals surface area contributed by atoms with E-state index >= 15 is 0 Å². The summed E-state index contributed by atoms with van der Waals surface area (Å²) in [4.78, 5) is 4.03. The van der Waals surface area contributed by atoms with E-state index in [0.717, 1.165) is 11.1 Å². The van der Waals surface area contributed by atoms with E-state index in [2.05, 4.69) is 11.6 Å². The van der Waals surface area contributed by atoms with Crippen LogP contribution in [0.1, 0.15) is 23.6 Å². The number of nitrogens with zero attached hydrogens (tertiary/aromatic N) is 1. The molecule has 2 N–H and O–H groups in total. The molecule has 0 amide bonds. The molecule has 2 nitrogen and oxygen atoms in total. The van der Waals surface area contributed by atoms with Crippen LogP contribution in [0.25, 0.3) is 0 Å². The molecule has 0 aliphatic heterocycles. The van der Waals surface area contributed by atoms with E-state index in [1.54, 1.807) is 12.3 Å². The van der Waals surface area contributed by atoms with Crippen molar-refractivity contribution in [1.29, 1.82) is 0 Å². The van der Waals surface area contributed by atoms with Gasteiger partial charge in [-0.1, -0.05) is 17.7 Å². The number of halogens is 1. The van der Waals surface area contributed by atoms with E-state index in [1.807, 2.05) is 13.0 Å². The van der Waals surface area contributed by atoms with Crippen LogP contribution in [0.3, 0.4) is 0 Å².